The molecule has 22 heteroatoms. The molecule has 0 saturated carbocycles. The van der Waals surface area contributed by atoms with Crippen LogP contribution in [0.2, 0.25) is 0 Å². The second-order valence-electron chi connectivity index (χ2n) is 17.5. The molecule has 0 radical (unpaired) electrons. The van der Waals surface area contributed by atoms with Gasteiger partial charge in [-0.15, -0.1) is 0 Å². The molecule has 5 amide bonds. The number of anilines is 2. The molecule has 2 saturated heterocycles. The number of carbonyl (C=O) groups excluding carboxylic acids is 5. The number of aliphatic hydroxyl groups is 1. The van der Waals surface area contributed by atoms with Crippen molar-refractivity contribution >= 4 is 52.2 Å². The highest BCUT2D eigenvalue weighted by molar-refractivity contribution is 6.01. The highest BCUT2D eigenvalue weighted by Crippen LogP contribution is 2.46. The number of fused-ring (bicyclic) bond motifs is 5. The number of aliphatic hydroxyl groups excluding tert-OH is 1. The first-order valence-corrected chi connectivity index (χ1v) is 21.2. The molecule has 16 nitrogen and oxygen atoms in total. The number of hydrogen-bond donors (Lipinski definition) is 5. The lowest BCUT2D eigenvalue weighted by molar-refractivity contribution is -0.139. The number of nitrogens with zero attached hydrogens (tertiary/aromatic N) is 3. The lowest BCUT2D eigenvalue weighted by atomic mass is 10.0. The van der Waals surface area contributed by atoms with Gasteiger partial charge in [-0.2, -0.15) is 0 Å². The van der Waals surface area contributed by atoms with E-state index in [-0.39, 0.29) is 22.7 Å². The van der Waals surface area contributed by atoms with Crippen molar-refractivity contribution in [2.75, 3.05) is 37.9 Å². The van der Waals surface area contributed by atoms with Gasteiger partial charge in [-0.3, -0.25) is 19.3 Å². The third-order valence-corrected chi connectivity index (χ3v) is 12.0. The first-order valence-electron chi connectivity index (χ1n) is 21.2. The van der Waals surface area contributed by atoms with Crippen molar-refractivity contribution in [3.63, 3.8) is 0 Å². The molecule has 0 aliphatic carbocycles. The molecular weight excluding hydrogens is 897 g/mol. The van der Waals surface area contributed by atoms with E-state index in [1.165, 1.54) is 24.3 Å². The monoisotopic (exact) mass is 945 g/mol. The number of ether oxygens (including phenoxy) is 3. The van der Waals surface area contributed by atoms with E-state index in [0.29, 0.717) is 28.2 Å². The van der Waals surface area contributed by atoms with Crippen molar-refractivity contribution in [3.05, 3.63) is 77.9 Å². The molecule has 4 heterocycles. The second-order valence-corrected chi connectivity index (χ2v) is 17.5. The Kier molecular flexibility index (Phi) is 13.4. The van der Waals surface area contributed by atoms with E-state index in [2.05, 4.69) is 30.7 Å². The maximum Gasteiger partial charge on any atom is 0.407 e. The summed E-state index contributed by atoms with van der Waals surface area (Å²) in [4.78, 5) is 66.7. The third kappa shape index (κ3) is 10.1. The van der Waals surface area contributed by atoms with Crippen molar-refractivity contribution in [2.45, 2.75) is 89.0 Å². The lowest BCUT2D eigenvalue weighted by Crippen LogP contribution is -2.57. The van der Waals surface area contributed by atoms with Crippen molar-refractivity contribution in [1.82, 2.24) is 25.0 Å². The van der Waals surface area contributed by atoms with Crippen LogP contribution in [0.1, 0.15) is 52.3 Å². The predicted octanol–water partition coefficient (Wildman–Crippen LogP) is 6.43. The van der Waals surface area contributed by atoms with Gasteiger partial charge in [-0.1, -0.05) is 27.7 Å². The van der Waals surface area contributed by atoms with Gasteiger partial charge in [-0.25, -0.2) is 35.9 Å². The fourth-order valence-corrected chi connectivity index (χ4v) is 8.75. The highest BCUT2D eigenvalue weighted by Gasteiger charge is 2.53. The van der Waals surface area contributed by atoms with Crippen LogP contribution in [0.4, 0.5) is 47.3 Å². The number of benzene rings is 3. The minimum atomic E-state index is -3.42. The molecular formula is C45H49F6N7O9. The molecule has 6 atom stereocenters. The summed E-state index contributed by atoms with van der Waals surface area (Å²) in [5.74, 6) is -12.3. The molecule has 2 unspecified atom stereocenters. The average Bonchev–Trinajstić information content (AvgIpc) is 3.92. The van der Waals surface area contributed by atoms with Crippen LogP contribution in [-0.2, 0) is 23.9 Å². The van der Waals surface area contributed by atoms with Gasteiger partial charge in [0, 0.05) is 52.9 Å². The summed E-state index contributed by atoms with van der Waals surface area (Å²) in [6.45, 7) is 4.40. The number of halogens is 6. The van der Waals surface area contributed by atoms with Gasteiger partial charge < -0.3 is 50.1 Å². The summed E-state index contributed by atoms with van der Waals surface area (Å²) in [7, 11) is 2.18. The molecule has 3 aliphatic heterocycles. The summed E-state index contributed by atoms with van der Waals surface area (Å²) < 4.78 is 106. The quantitative estimate of drug-likeness (QED) is 0.0990. The molecule has 3 aliphatic rings. The van der Waals surface area contributed by atoms with Crippen LogP contribution in [0.25, 0.3) is 22.2 Å². The van der Waals surface area contributed by atoms with Gasteiger partial charge in [0.1, 0.15) is 35.7 Å². The molecule has 7 rings (SSSR count). The van der Waals surface area contributed by atoms with E-state index < -0.39 is 128 Å². The highest BCUT2D eigenvalue weighted by atomic mass is 19.3. The Labute approximate surface area is 379 Å². The first-order chi connectivity index (χ1) is 31.5. The van der Waals surface area contributed by atoms with Gasteiger partial charge in [0.05, 0.1) is 50.6 Å². The molecule has 0 bridgehead atoms. The van der Waals surface area contributed by atoms with Gasteiger partial charge in [-0.05, 0) is 60.4 Å². The molecule has 1 aromatic heterocycles. The normalized spacial score (nSPS) is 20.9. The minimum Gasteiger partial charge on any atom is -0.465 e. The maximum atomic E-state index is 14.9. The summed E-state index contributed by atoms with van der Waals surface area (Å²) in [6.07, 6.45) is -6.78. The van der Waals surface area contributed by atoms with Crippen LogP contribution >= 0.6 is 0 Å². The Morgan fingerprint density at radius 3 is 1.96 bits per heavy atom. The summed E-state index contributed by atoms with van der Waals surface area (Å²) >= 11 is 0. The van der Waals surface area contributed by atoms with E-state index in [9.17, 15) is 55.4 Å². The fraction of sp³-hybridized carbons (Fsp3) is 0.444. The Bertz CT molecular complexity index is 2570. The number of likely N-dealkylation sites (tertiary alicyclic amines) is 2. The standard InChI is InChI=1S/C45H49F6N7O9/c1-21(2)35(54-42(63)65-5)39(61)56-19-44(48,49)17-32(56)37(59)52-27-8-10-30-23(13-27)14-31-29-9-7-28(16-34(29)67-41(58(30)31)24-11-25(46)15-26(47)12-24)53-38(60)33-18-45(50,51)20-57(33)40(62)36(22(3)4)55-43(64)66-6/h7-16,21-22,32-33,35-36,40-41,62H,17-20H2,1-6H3,(H,52,59)(H,53,60)(H,54,63)(H,55,64)/t32-,33-,35-,36-,40?,41?/m0/s1. The van der Waals surface area contributed by atoms with Crippen molar-refractivity contribution < 1.29 is 69.6 Å². The molecule has 360 valence electrons. The van der Waals surface area contributed by atoms with Gasteiger partial charge in [0.25, 0.3) is 11.8 Å². The predicted molar refractivity (Wildman–Crippen MR) is 229 cm³/mol. The summed E-state index contributed by atoms with van der Waals surface area (Å²) in [5.41, 5.74) is 1.52. The molecule has 2 fully saturated rings. The van der Waals surface area contributed by atoms with Crippen molar-refractivity contribution in [1.29, 1.82) is 0 Å². The number of rotatable bonds is 12. The van der Waals surface area contributed by atoms with Crippen LogP contribution in [-0.4, -0.2) is 119 Å². The number of aromatic nitrogens is 1. The first kappa shape index (κ1) is 48.4. The molecule has 5 N–H and O–H groups in total. The Balaban J connectivity index is 1.19. The number of hydrogen-bond acceptors (Lipinski definition) is 10. The number of alkyl halides is 4. The molecule has 67 heavy (non-hydrogen) atoms. The Morgan fingerprint density at radius 2 is 1.33 bits per heavy atom. The minimum absolute atomic E-state index is 0.0279. The van der Waals surface area contributed by atoms with E-state index in [1.807, 2.05) is 0 Å². The number of amides is 5. The molecule has 3 aromatic carbocycles. The average molecular weight is 946 g/mol. The SMILES string of the molecule is COC(=O)N[C@@H](C(C)C)C(O)N1CC(F)(F)C[C@H]1C(=O)Nc1ccc2c(c1)OC(c1cc(F)cc(F)c1)n1c-2cc2cc(NC(=O)[C@@H]3CC(F)(F)CN3C(=O)[C@@H](NC(=O)OC)C(C)C)ccc21. The largest absolute Gasteiger partial charge is 0.465 e. The third-order valence-electron chi connectivity index (χ3n) is 12.0. The van der Waals surface area contributed by atoms with E-state index in [1.54, 1.807) is 50.5 Å². The maximum absolute atomic E-state index is 14.9. The number of nitrogens with one attached hydrogen (secondary N) is 4. The number of alkyl carbamates (subject to hydrolysis) is 2. The summed E-state index contributed by atoms with van der Waals surface area (Å²) in [5, 5.41) is 21.7. The smallest absolute Gasteiger partial charge is 0.407 e. The zero-order chi connectivity index (χ0) is 48.9. The van der Waals surface area contributed by atoms with E-state index in [4.69, 9.17) is 4.74 Å². The van der Waals surface area contributed by atoms with Gasteiger partial charge in [0.15, 0.2) is 0 Å². The lowest BCUT2D eigenvalue weighted by Gasteiger charge is -2.35. The Hall–Kier alpha value is -6.55. The van der Waals surface area contributed by atoms with E-state index >= 15 is 0 Å². The van der Waals surface area contributed by atoms with Crippen LogP contribution in [0.5, 0.6) is 5.75 Å². The van der Waals surface area contributed by atoms with Crippen LogP contribution in [0.3, 0.4) is 0 Å². The molecule has 4 aromatic rings. The zero-order valence-corrected chi connectivity index (χ0v) is 37.0. The van der Waals surface area contributed by atoms with Gasteiger partial charge in [0.2, 0.25) is 23.9 Å². The van der Waals surface area contributed by atoms with Crippen LogP contribution in [0, 0.1) is 23.5 Å². The second kappa shape index (κ2) is 18.6. The van der Waals surface area contributed by atoms with Crippen molar-refractivity contribution in [3.8, 4) is 17.0 Å². The topological polar surface area (TPSA) is 193 Å². The molecule has 0 spiro atoms. The number of methoxy groups -OCH3 is 2. The van der Waals surface area contributed by atoms with Crippen molar-refractivity contribution in [2.24, 2.45) is 11.8 Å². The van der Waals surface area contributed by atoms with Crippen LogP contribution < -0.4 is 26.0 Å². The fourth-order valence-electron chi connectivity index (χ4n) is 8.75. The zero-order valence-electron chi connectivity index (χ0n) is 37.0. The summed E-state index contributed by atoms with van der Waals surface area (Å²) in [6, 6.07) is 7.86. The van der Waals surface area contributed by atoms with Crippen LogP contribution in [0.15, 0.2) is 60.7 Å². The number of carbonyl (C=O) groups is 5. The Morgan fingerprint density at radius 1 is 0.746 bits per heavy atom. The van der Waals surface area contributed by atoms with Gasteiger partial charge >= 0.3 is 12.2 Å². The van der Waals surface area contributed by atoms with E-state index in [0.717, 1.165) is 36.2 Å².